The van der Waals surface area contributed by atoms with E-state index < -0.39 is 0 Å². The largest absolute Gasteiger partial charge is 0.0842 e. The molecule has 0 aliphatic carbocycles. The van der Waals surface area contributed by atoms with Crippen LogP contribution in [-0.2, 0) is 0 Å². The molecule has 0 amide bonds. The summed E-state index contributed by atoms with van der Waals surface area (Å²) in [5.41, 5.74) is 0.750. The maximum absolute atomic E-state index is 7.46. The summed E-state index contributed by atoms with van der Waals surface area (Å²) in [6.07, 6.45) is 17.2. The summed E-state index contributed by atoms with van der Waals surface area (Å²) in [4.78, 5) is 0. The van der Waals surface area contributed by atoms with Crippen molar-refractivity contribution in [2.24, 2.45) is 0 Å². The van der Waals surface area contributed by atoms with Crippen molar-refractivity contribution in [2.75, 3.05) is 0 Å². The van der Waals surface area contributed by atoms with E-state index in [1.807, 2.05) is 13.0 Å². The molecule has 0 spiro atoms. The maximum atomic E-state index is 7.46. The first-order valence-corrected chi connectivity index (χ1v) is 7.05. The van der Waals surface area contributed by atoms with Crippen molar-refractivity contribution in [1.29, 1.82) is 0 Å². The number of hydrogen-bond donors (Lipinski definition) is 0. The Kier molecular flexibility index (Phi) is 12.1. The first-order valence-electron chi connectivity index (χ1n) is 7.05. The van der Waals surface area contributed by atoms with E-state index in [0.717, 1.165) is 18.4 Å². The molecular formula is C16H28. The maximum Gasteiger partial charge on any atom is -0.00613 e. The summed E-state index contributed by atoms with van der Waals surface area (Å²) in [6.45, 7) is 11.8. The van der Waals surface area contributed by atoms with Gasteiger partial charge in [-0.2, -0.15) is 0 Å². The second-order valence-electron chi connectivity index (χ2n) is 4.54. The first-order chi connectivity index (χ1) is 7.81. The molecule has 0 fully saturated rings. The molecule has 0 aromatic rings. The summed E-state index contributed by atoms with van der Waals surface area (Å²) < 4.78 is 0. The Morgan fingerprint density at radius 2 is 1.44 bits per heavy atom. The molecule has 16 heavy (non-hydrogen) atoms. The van der Waals surface area contributed by atoms with E-state index >= 15 is 0 Å². The van der Waals surface area contributed by atoms with Crippen molar-refractivity contribution in [2.45, 2.75) is 78.1 Å². The Hall–Kier alpha value is -0.520. The predicted molar refractivity (Wildman–Crippen MR) is 73.4 cm³/mol. The van der Waals surface area contributed by atoms with E-state index in [2.05, 4.69) is 13.0 Å². The highest BCUT2D eigenvalue weighted by Crippen LogP contribution is 2.10. The fourth-order valence-corrected chi connectivity index (χ4v) is 1.74. The molecule has 0 heteroatoms. The van der Waals surface area contributed by atoms with E-state index in [0.29, 0.717) is 0 Å². The Labute approximate surface area is 103 Å². The van der Waals surface area contributed by atoms with Crippen LogP contribution in [0.4, 0.5) is 0 Å². The molecule has 2 radical (unpaired) electrons. The quantitative estimate of drug-likeness (QED) is 0.308. The molecule has 0 unspecified atom stereocenters. The van der Waals surface area contributed by atoms with E-state index in [1.165, 1.54) is 51.4 Å². The fraction of sp³-hybridized carbons (Fsp3) is 0.750. The fourth-order valence-electron chi connectivity index (χ4n) is 1.74. The topological polar surface area (TPSA) is 0 Å². The smallest absolute Gasteiger partial charge is 0.00613 e. The van der Waals surface area contributed by atoms with Crippen LogP contribution >= 0.6 is 0 Å². The van der Waals surface area contributed by atoms with Crippen LogP contribution in [0.2, 0.25) is 0 Å². The molecule has 0 rings (SSSR count). The van der Waals surface area contributed by atoms with Crippen LogP contribution in [0.3, 0.4) is 0 Å². The Bertz CT molecular complexity index is 176. The van der Waals surface area contributed by atoms with Gasteiger partial charge in [0.1, 0.15) is 0 Å². The number of rotatable bonds is 11. The molecule has 92 valence electrons. The lowest BCUT2D eigenvalue weighted by Gasteiger charge is -1.99. The lowest BCUT2D eigenvalue weighted by atomic mass is 10.1. The van der Waals surface area contributed by atoms with Crippen LogP contribution in [0.15, 0.2) is 17.7 Å². The highest BCUT2D eigenvalue weighted by atomic mass is 14.0. The van der Waals surface area contributed by atoms with Gasteiger partial charge in [-0.25, -0.2) is 0 Å². The van der Waals surface area contributed by atoms with E-state index in [1.54, 1.807) is 0 Å². The summed E-state index contributed by atoms with van der Waals surface area (Å²) >= 11 is 0. The van der Waals surface area contributed by atoms with Gasteiger partial charge in [0.05, 0.1) is 0 Å². The van der Waals surface area contributed by atoms with Crippen LogP contribution in [0.25, 0.3) is 0 Å². The summed E-state index contributed by atoms with van der Waals surface area (Å²) in [6, 6.07) is 0. The van der Waals surface area contributed by atoms with E-state index in [9.17, 15) is 0 Å². The Balaban J connectivity index is 3.09. The third-order valence-corrected chi connectivity index (χ3v) is 2.92. The second-order valence-corrected chi connectivity index (χ2v) is 4.54. The zero-order valence-corrected chi connectivity index (χ0v) is 11.2. The van der Waals surface area contributed by atoms with E-state index in [4.69, 9.17) is 6.58 Å². The van der Waals surface area contributed by atoms with Gasteiger partial charge in [-0.15, -0.1) is 0 Å². The molecule has 0 aliphatic heterocycles. The number of unbranched alkanes of at least 4 members (excludes halogenated alkanes) is 8. The number of allylic oxidation sites excluding steroid dienone is 3. The highest BCUT2D eigenvalue weighted by molar-refractivity contribution is 5.11. The minimum atomic E-state index is 0.750. The summed E-state index contributed by atoms with van der Waals surface area (Å²) in [5.74, 6) is 0. The molecule has 0 heterocycles. The van der Waals surface area contributed by atoms with Gasteiger partial charge in [0, 0.05) is 0 Å². The van der Waals surface area contributed by atoms with E-state index in [-0.39, 0.29) is 0 Å². The highest BCUT2D eigenvalue weighted by Gasteiger charge is 1.90. The van der Waals surface area contributed by atoms with Crippen molar-refractivity contribution in [3.63, 3.8) is 0 Å². The van der Waals surface area contributed by atoms with Gasteiger partial charge in [0.15, 0.2) is 0 Å². The molecule has 0 aromatic carbocycles. The third-order valence-electron chi connectivity index (χ3n) is 2.92. The minimum absolute atomic E-state index is 0.750. The minimum Gasteiger partial charge on any atom is -0.0842 e. The SMILES string of the molecule is [C]=C(C=CCCCCCCCCCC)CC. The van der Waals surface area contributed by atoms with Crippen LogP contribution in [0, 0.1) is 6.58 Å². The molecule has 0 saturated heterocycles. The molecular weight excluding hydrogens is 192 g/mol. The van der Waals surface area contributed by atoms with Crippen LogP contribution in [0.1, 0.15) is 78.1 Å². The zero-order chi connectivity index (χ0) is 12.1. The molecule has 0 saturated carbocycles. The van der Waals surface area contributed by atoms with Gasteiger partial charge in [0.25, 0.3) is 0 Å². The van der Waals surface area contributed by atoms with Crippen molar-refractivity contribution >= 4 is 0 Å². The molecule has 0 nitrogen and oxygen atoms in total. The second kappa shape index (κ2) is 12.5. The molecule has 0 N–H and O–H groups in total. The lowest BCUT2D eigenvalue weighted by molar-refractivity contribution is 0.577. The third kappa shape index (κ3) is 11.6. The molecule has 0 atom stereocenters. The van der Waals surface area contributed by atoms with Crippen LogP contribution < -0.4 is 0 Å². The normalized spacial score (nSPS) is 11.1. The van der Waals surface area contributed by atoms with Crippen molar-refractivity contribution < 1.29 is 0 Å². The Morgan fingerprint density at radius 1 is 0.875 bits per heavy atom. The van der Waals surface area contributed by atoms with Crippen molar-refractivity contribution in [1.82, 2.24) is 0 Å². The summed E-state index contributed by atoms with van der Waals surface area (Å²) in [5, 5.41) is 0. The van der Waals surface area contributed by atoms with Crippen molar-refractivity contribution in [3.8, 4) is 0 Å². The first kappa shape index (κ1) is 15.5. The van der Waals surface area contributed by atoms with Gasteiger partial charge < -0.3 is 0 Å². The summed E-state index contributed by atoms with van der Waals surface area (Å²) in [7, 11) is 0. The van der Waals surface area contributed by atoms with Gasteiger partial charge in [-0.05, 0) is 31.4 Å². The Morgan fingerprint density at radius 3 is 2.00 bits per heavy atom. The zero-order valence-electron chi connectivity index (χ0n) is 11.2. The number of hydrogen-bond acceptors (Lipinski definition) is 0. The average Bonchev–Trinajstić information content (AvgIpc) is 2.31. The lowest BCUT2D eigenvalue weighted by Crippen LogP contribution is -1.80. The van der Waals surface area contributed by atoms with Crippen LogP contribution in [-0.4, -0.2) is 0 Å². The predicted octanol–water partition coefficient (Wildman–Crippen LogP) is 5.72. The molecule has 0 aromatic heterocycles. The molecule has 0 aliphatic rings. The van der Waals surface area contributed by atoms with Crippen LogP contribution in [0.5, 0.6) is 0 Å². The van der Waals surface area contributed by atoms with Gasteiger partial charge >= 0.3 is 0 Å². The average molecular weight is 220 g/mol. The standard InChI is InChI=1S/C16H28/c1-4-6-7-8-9-10-11-12-13-14-15-16(3)5-2/h14-15H,4-13H2,1-2H3. The van der Waals surface area contributed by atoms with Gasteiger partial charge in [-0.3, -0.25) is 0 Å². The molecule has 0 bridgehead atoms. The van der Waals surface area contributed by atoms with Crippen molar-refractivity contribution in [3.05, 3.63) is 24.3 Å². The monoisotopic (exact) mass is 220 g/mol. The van der Waals surface area contributed by atoms with Gasteiger partial charge in [0.2, 0.25) is 0 Å². The van der Waals surface area contributed by atoms with Gasteiger partial charge in [-0.1, -0.05) is 70.9 Å².